The molecule has 0 aromatic carbocycles. The fourth-order valence-corrected chi connectivity index (χ4v) is 6.56. The van der Waals surface area contributed by atoms with E-state index in [2.05, 4.69) is 0 Å². The van der Waals surface area contributed by atoms with Crippen LogP contribution in [-0.2, 0) is 43.0 Å². The van der Waals surface area contributed by atoms with Crippen molar-refractivity contribution in [2.45, 2.75) is 165 Å². The van der Waals surface area contributed by atoms with Gasteiger partial charge in [0.05, 0.1) is 12.8 Å². The number of carbonyl (C=O) groups excluding carboxylic acids is 3. The lowest BCUT2D eigenvalue weighted by Crippen LogP contribution is -2.74. The van der Waals surface area contributed by atoms with Crippen molar-refractivity contribution >= 4 is 35.8 Å². The van der Waals surface area contributed by atoms with E-state index in [1.54, 1.807) is 62.3 Å². The van der Waals surface area contributed by atoms with E-state index in [9.17, 15) is 54.3 Å². The molecule has 0 spiro atoms. The van der Waals surface area contributed by atoms with E-state index in [4.69, 9.17) is 14.2 Å². The molecule has 0 fully saturated rings. The SMILES string of the molecule is CC(C)(C)C(C(=O)O)C(O)(C(=O)O)C(C(=O)O)(C(C)(C)C)C(C)(C)C.CC(C)(C)OC(=O)CC(O)(CC(=O)OC(C)(C)C)C(=O)OC(C)(C)C. The molecule has 0 saturated heterocycles. The van der Waals surface area contributed by atoms with Crippen molar-refractivity contribution in [3.63, 3.8) is 0 Å². The second-order valence-electron chi connectivity index (χ2n) is 18.8. The van der Waals surface area contributed by atoms with Gasteiger partial charge in [-0.2, -0.15) is 0 Å². The second kappa shape index (κ2) is 15.5. The second-order valence-corrected chi connectivity index (χ2v) is 18.8. The molecule has 0 saturated carbocycles. The molecule has 2 atom stereocenters. The number of rotatable bonds is 10. The number of ether oxygens (including phenoxy) is 3. The minimum Gasteiger partial charge on any atom is -0.481 e. The van der Waals surface area contributed by atoms with Gasteiger partial charge in [-0.25, -0.2) is 9.59 Å². The van der Waals surface area contributed by atoms with Crippen LogP contribution in [0.4, 0.5) is 0 Å². The third-order valence-corrected chi connectivity index (χ3v) is 7.49. The molecule has 0 aliphatic heterocycles. The molecule has 292 valence electrons. The molecule has 0 aliphatic carbocycles. The van der Waals surface area contributed by atoms with Gasteiger partial charge in [0.1, 0.15) is 28.1 Å². The van der Waals surface area contributed by atoms with Crippen LogP contribution in [0.15, 0.2) is 0 Å². The highest BCUT2D eigenvalue weighted by molar-refractivity contribution is 5.95. The molecule has 0 aliphatic rings. The normalized spacial score (nSPS) is 15.4. The molecule has 0 bridgehead atoms. The highest BCUT2D eigenvalue weighted by Crippen LogP contribution is 2.62. The van der Waals surface area contributed by atoms with E-state index in [0.717, 1.165) is 0 Å². The first-order valence-electron chi connectivity index (χ1n) is 16.3. The third-order valence-electron chi connectivity index (χ3n) is 7.49. The number of carboxylic acid groups (broad SMARTS) is 3. The zero-order valence-electron chi connectivity index (χ0n) is 33.4. The summed E-state index contributed by atoms with van der Waals surface area (Å²) in [5.74, 6) is -9.52. The van der Waals surface area contributed by atoms with Crippen LogP contribution in [-0.4, -0.2) is 89.4 Å². The van der Waals surface area contributed by atoms with E-state index in [1.807, 2.05) is 0 Å². The Bertz CT molecular complexity index is 1210. The summed E-state index contributed by atoms with van der Waals surface area (Å²) in [5.41, 5.74) is -14.0. The number of carboxylic acids is 3. The maximum Gasteiger partial charge on any atom is 0.339 e. The fourth-order valence-electron chi connectivity index (χ4n) is 6.56. The first-order chi connectivity index (χ1) is 21.5. The van der Waals surface area contributed by atoms with E-state index in [0.29, 0.717) is 0 Å². The Hall–Kier alpha value is -3.26. The number of esters is 3. The topological polar surface area (TPSA) is 231 Å². The fraction of sp³-hybridized carbons (Fsp3) is 0.833. The molecule has 0 aromatic rings. The Morgan fingerprint density at radius 2 is 0.800 bits per heavy atom. The van der Waals surface area contributed by atoms with Crippen molar-refractivity contribution in [2.75, 3.05) is 0 Å². The highest BCUT2D eigenvalue weighted by atomic mass is 16.6. The molecule has 2 unspecified atom stereocenters. The zero-order chi connectivity index (χ0) is 41.1. The van der Waals surface area contributed by atoms with Crippen LogP contribution in [0.1, 0.15) is 137 Å². The summed E-state index contributed by atoms with van der Waals surface area (Å²) in [6, 6.07) is 0. The van der Waals surface area contributed by atoms with Gasteiger partial charge in [0.25, 0.3) is 0 Å². The molecule has 0 radical (unpaired) electrons. The lowest BCUT2D eigenvalue weighted by molar-refractivity contribution is -0.248. The van der Waals surface area contributed by atoms with Crippen molar-refractivity contribution < 1.29 is 68.5 Å². The summed E-state index contributed by atoms with van der Waals surface area (Å²) in [5, 5.41) is 52.0. The number of hydrogen-bond donors (Lipinski definition) is 5. The number of aliphatic hydroxyl groups is 2. The van der Waals surface area contributed by atoms with Crippen LogP contribution in [0.25, 0.3) is 0 Å². The van der Waals surface area contributed by atoms with E-state index in [-0.39, 0.29) is 0 Å². The maximum atomic E-state index is 12.5. The molecule has 50 heavy (non-hydrogen) atoms. The lowest BCUT2D eigenvalue weighted by Gasteiger charge is -2.59. The van der Waals surface area contributed by atoms with Crippen LogP contribution in [0, 0.1) is 27.6 Å². The van der Waals surface area contributed by atoms with Crippen LogP contribution in [0.3, 0.4) is 0 Å². The molecule has 0 heterocycles. The Kier molecular flexibility index (Phi) is 15.2. The van der Waals surface area contributed by atoms with E-state index >= 15 is 0 Å². The van der Waals surface area contributed by atoms with Gasteiger partial charge < -0.3 is 39.7 Å². The monoisotopic (exact) mass is 720 g/mol. The molecule has 5 N–H and O–H groups in total. The lowest BCUT2D eigenvalue weighted by atomic mass is 9.43. The highest BCUT2D eigenvalue weighted by Gasteiger charge is 2.76. The van der Waals surface area contributed by atoms with E-state index in [1.165, 1.54) is 62.3 Å². The Morgan fingerprint density at radius 1 is 0.500 bits per heavy atom. The minimum atomic E-state index is -3.06. The minimum absolute atomic E-state index is 0.710. The molecular formula is C36H64O14. The van der Waals surface area contributed by atoms with E-state index < -0.39 is 104 Å². The number of carbonyl (C=O) groups is 6. The maximum absolute atomic E-state index is 12.5. The molecule has 0 aromatic heterocycles. The molecular weight excluding hydrogens is 656 g/mol. The van der Waals surface area contributed by atoms with Crippen molar-refractivity contribution in [3.8, 4) is 0 Å². The average Bonchev–Trinajstić information content (AvgIpc) is 2.71. The zero-order valence-corrected chi connectivity index (χ0v) is 33.4. The summed E-state index contributed by atoms with van der Waals surface area (Å²) in [7, 11) is 0. The van der Waals surface area contributed by atoms with Gasteiger partial charge in [-0.1, -0.05) is 62.3 Å². The van der Waals surface area contributed by atoms with Crippen molar-refractivity contribution in [3.05, 3.63) is 0 Å². The Balaban J connectivity index is 0. The summed E-state index contributed by atoms with van der Waals surface area (Å²) in [4.78, 5) is 73.3. The van der Waals surface area contributed by atoms with Crippen LogP contribution in [0.2, 0.25) is 0 Å². The van der Waals surface area contributed by atoms with Crippen LogP contribution in [0.5, 0.6) is 0 Å². The standard InChI is InChI=1S/2C18H32O7/c1-15(2,3)23-12(19)10-18(22,14(21)25-17(7,8)9)11-13(20)24-16(4,5)6;1-14(2,3)10(11(19)20)17(25,12(21)22)18(13(23)24,15(4,5)6)16(7,8)9/h22H,10-11H2,1-9H3;10,25H,1-9H3,(H,19,20)(H,21,22)(H,23,24). The van der Waals surface area contributed by atoms with Gasteiger partial charge in [-0.05, 0) is 78.6 Å². The van der Waals surface area contributed by atoms with Gasteiger partial charge in [-0.3, -0.25) is 19.2 Å². The van der Waals surface area contributed by atoms with Gasteiger partial charge in [0.2, 0.25) is 0 Å². The van der Waals surface area contributed by atoms with Crippen LogP contribution < -0.4 is 0 Å². The predicted octanol–water partition coefficient (Wildman–Crippen LogP) is 5.24. The first kappa shape index (κ1) is 48.9. The predicted molar refractivity (Wildman–Crippen MR) is 184 cm³/mol. The third kappa shape index (κ3) is 12.5. The van der Waals surface area contributed by atoms with Crippen molar-refractivity contribution in [1.82, 2.24) is 0 Å². The van der Waals surface area contributed by atoms with Gasteiger partial charge in [0.15, 0.2) is 11.2 Å². The molecule has 14 heteroatoms. The van der Waals surface area contributed by atoms with Gasteiger partial charge >= 0.3 is 35.8 Å². The number of hydrogen-bond acceptors (Lipinski definition) is 11. The van der Waals surface area contributed by atoms with Gasteiger partial charge in [0, 0.05) is 0 Å². The largest absolute Gasteiger partial charge is 0.481 e. The Morgan fingerprint density at radius 3 is 0.980 bits per heavy atom. The summed E-state index contributed by atoms with van der Waals surface area (Å²) in [6.07, 6.45) is -1.42. The van der Waals surface area contributed by atoms with Crippen molar-refractivity contribution in [1.29, 1.82) is 0 Å². The van der Waals surface area contributed by atoms with Crippen molar-refractivity contribution in [2.24, 2.45) is 27.6 Å². The quantitative estimate of drug-likeness (QED) is 0.144. The first-order valence-corrected chi connectivity index (χ1v) is 16.3. The molecule has 0 rings (SSSR count). The molecule has 14 nitrogen and oxygen atoms in total. The summed E-state index contributed by atoms with van der Waals surface area (Å²) in [6.45, 7) is 28.2. The summed E-state index contributed by atoms with van der Waals surface area (Å²) >= 11 is 0. The van der Waals surface area contributed by atoms with Gasteiger partial charge in [-0.15, -0.1) is 0 Å². The smallest absolute Gasteiger partial charge is 0.339 e. The average molecular weight is 721 g/mol. The molecule has 0 amide bonds. The van der Waals surface area contributed by atoms with Crippen LogP contribution >= 0.6 is 0 Å². The summed E-state index contributed by atoms with van der Waals surface area (Å²) < 4.78 is 15.4. The Labute approximate surface area is 297 Å². The number of aliphatic carboxylic acids is 3.